The summed E-state index contributed by atoms with van der Waals surface area (Å²) in [5.41, 5.74) is 0. The molecule has 0 spiro atoms. The van der Waals surface area contributed by atoms with E-state index in [-0.39, 0.29) is 0 Å². The van der Waals surface area contributed by atoms with Gasteiger partial charge in [0.1, 0.15) is 0 Å². The van der Waals surface area contributed by atoms with Gasteiger partial charge in [0.15, 0.2) is 0 Å². The maximum Gasteiger partial charge on any atom is -0.0149 e. The van der Waals surface area contributed by atoms with Gasteiger partial charge < -0.3 is 0 Å². The number of hydrogen-bond donors (Lipinski definition) is 0. The average molecular weight is 240 g/mol. The Bertz CT molecular complexity index is 556. The Morgan fingerprint density at radius 2 is 0.444 bits per heavy atom. The van der Waals surface area contributed by atoms with Gasteiger partial charge in [-0.3, -0.25) is 0 Å². The van der Waals surface area contributed by atoms with E-state index in [0.717, 1.165) is 0 Å². The molecule has 0 aromatic heterocycles. The van der Waals surface area contributed by atoms with Crippen molar-refractivity contribution in [3.8, 4) is 0 Å². The molecular formula is C18H24. The van der Waals surface area contributed by atoms with Crippen molar-refractivity contribution in [1.82, 2.24) is 0 Å². The van der Waals surface area contributed by atoms with Crippen LogP contribution >= 0.6 is 0 Å². The summed E-state index contributed by atoms with van der Waals surface area (Å²) in [5, 5.41) is 8.04. The fraction of sp³-hybridized carbons (Fsp3) is 0.333. The van der Waals surface area contributed by atoms with E-state index in [1.807, 2.05) is 0 Å². The van der Waals surface area contributed by atoms with Crippen LogP contribution in [0.25, 0.3) is 36.5 Å². The molecule has 0 N–H and O–H groups in total. The van der Waals surface area contributed by atoms with Crippen LogP contribution in [-0.4, -0.2) is 0 Å². The quantitative estimate of drug-likeness (QED) is 0.619. The lowest BCUT2D eigenvalue weighted by Crippen LogP contribution is -2.65. The average Bonchev–Trinajstić information content (AvgIpc) is 2.43. The van der Waals surface area contributed by atoms with Gasteiger partial charge in [-0.1, -0.05) is 36.5 Å². The smallest absolute Gasteiger partial charge is 0.0149 e. The summed E-state index contributed by atoms with van der Waals surface area (Å²) < 4.78 is 0. The van der Waals surface area contributed by atoms with E-state index < -0.39 is 0 Å². The largest absolute Gasteiger partial charge is 0.0792 e. The molecule has 0 bridgehead atoms. The predicted octanol–water partition coefficient (Wildman–Crippen LogP) is 0.489. The van der Waals surface area contributed by atoms with E-state index in [1.165, 1.54) is 31.3 Å². The van der Waals surface area contributed by atoms with Crippen LogP contribution in [-0.2, 0) is 0 Å². The zero-order chi connectivity index (χ0) is 13.7. The lowest BCUT2D eigenvalue weighted by Gasteiger charge is -2.00. The molecule has 0 aliphatic heterocycles. The maximum absolute atomic E-state index is 2.21. The molecule has 0 radical (unpaired) electrons. The molecule has 0 aliphatic rings. The fourth-order valence-corrected chi connectivity index (χ4v) is 2.74. The van der Waals surface area contributed by atoms with Gasteiger partial charge in [0.25, 0.3) is 0 Å². The minimum Gasteiger partial charge on any atom is -0.0792 e. The molecule has 1 aromatic carbocycles. The molecule has 0 saturated carbocycles. The summed E-state index contributed by atoms with van der Waals surface area (Å²) in [6, 6.07) is 0. The van der Waals surface area contributed by atoms with E-state index in [4.69, 9.17) is 0 Å². The van der Waals surface area contributed by atoms with Crippen molar-refractivity contribution in [3.05, 3.63) is 31.3 Å². The molecule has 0 nitrogen and oxygen atoms in total. The first-order chi connectivity index (χ1) is 8.69. The van der Waals surface area contributed by atoms with Gasteiger partial charge in [-0.15, -0.1) is 0 Å². The second-order valence-corrected chi connectivity index (χ2v) is 4.21. The Morgan fingerprint density at radius 3 is 0.500 bits per heavy atom. The Balaban J connectivity index is 4.64. The predicted molar refractivity (Wildman–Crippen MR) is 85.0 cm³/mol. The van der Waals surface area contributed by atoms with Crippen molar-refractivity contribution >= 4 is 36.5 Å². The summed E-state index contributed by atoms with van der Waals surface area (Å²) >= 11 is 0. The molecule has 0 aliphatic carbocycles. The van der Waals surface area contributed by atoms with Gasteiger partial charge in [0.2, 0.25) is 0 Å². The van der Waals surface area contributed by atoms with E-state index >= 15 is 0 Å². The molecule has 1 rings (SSSR count). The van der Waals surface area contributed by atoms with Crippen molar-refractivity contribution in [1.29, 1.82) is 0 Å². The zero-order valence-electron chi connectivity index (χ0n) is 12.5. The van der Waals surface area contributed by atoms with Crippen LogP contribution < -0.4 is 31.3 Å². The highest BCUT2D eigenvalue weighted by molar-refractivity contribution is 5.43. The molecule has 18 heavy (non-hydrogen) atoms. The van der Waals surface area contributed by atoms with Crippen LogP contribution in [0.4, 0.5) is 0 Å². The molecule has 0 saturated heterocycles. The van der Waals surface area contributed by atoms with Gasteiger partial charge >= 0.3 is 0 Å². The van der Waals surface area contributed by atoms with Crippen LogP contribution in [0.2, 0.25) is 0 Å². The van der Waals surface area contributed by atoms with Gasteiger partial charge in [-0.25, -0.2) is 0 Å². The third kappa shape index (κ3) is 2.20. The van der Waals surface area contributed by atoms with Gasteiger partial charge in [0, 0.05) is 0 Å². The Labute approximate surface area is 110 Å². The van der Waals surface area contributed by atoms with Gasteiger partial charge in [0.05, 0.1) is 0 Å². The van der Waals surface area contributed by atoms with Crippen molar-refractivity contribution in [2.75, 3.05) is 0 Å². The number of hydrogen-bond acceptors (Lipinski definition) is 0. The standard InChI is InChI=1S/C18H24/c1-7-13-14(8-2)16(10-4)18(12-6)17(11-5)15(13)9-3/h7-12H,1-6H3. The Morgan fingerprint density at radius 1 is 0.333 bits per heavy atom. The molecule has 0 fully saturated rings. The third-order valence-corrected chi connectivity index (χ3v) is 3.47. The van der Waals surface area contributed by atoms with E-state index in [9.17, 15) is 0 Å². The third-order valence-electron chi connectivity index (χ3n) is 3.47. The van der Waals surface area contributed by atoms with Crippen molar-refractivity contribution in [2.45, 2.75) is 41.5 Å². The highest BCUT2D eigenvalue weighted by Gasteiger charge is 1.96. The van der Waals surface area contributed by atoms with Crippen LogP contribution in [0.1, 0.15) is 41.5 Å². The molecule has 96 valence electrons. The zero-order valence-corrected chi connectivity index (χ0v) is 12.5. The Kier molecular flexibility index (Phi) is 5.15. The molecule has 1 aromatic rings. The van der Waals surface area contributed by atoms with Crippen molar-refractivity contribution in [2.24, 2.45) is 0 Å². The maximum atomic E-state index is 2.21. The van der Waals surface area contributed by atoms with Gasteiger partial charge in [-0.05, 0) is 72.9 Å². The summed E-state index contributed by atoms with van der Waals surface area (Å²) in [7, 11) is 0. The van der Waals surface area contributed by atoms with Gasteiger partial charge in [-0.2, -0.15) is 0 Å². The second-order valence-electron chi connectivity index (χ2n) is 4.21. The van der Waals surface area contributed by atoms with Crippen molar-refractivity contribution in [3.63, 3.8) is 0 Å². The van der Waals surface area contributed by atoms with Crippen LogP contribution in [0.15, 0.2) is 0 Å². The molecule has 0 atom stereocenters. The van der Waals surface area contributed by atoms with Crippen molar-refractivity contribution < 1.29 is 0 Å². The monoisotopic (exact) mass is 240 g/mol. The number of rotatable bonds is 0. The molecule has 0 heterocycles. The topological polar surface area (TPSA) is 0 Å². The summed E-state index contributed by atoms with van der Waals surface area (Å²) in [4.78, 5) is 0. The first kappa shape index (κ1) is 14.5. The lowest BCUT2D eigenvalue weighted by molar-refractivity contribution is 1.28. The first-order valence-electron chi connectivity index (χ1n) is 6.70. The summed E-state index contributed by atoms with van der Waals surface area (Å²) in [5.74, 6) is 0. The fourth-order valence-electron chi connectivity index (χ4n) is 2.74. The minimum absolute atomic E-state index is 1.34. The van der Waals surface area contributed by atoms with Crippen LogP contribution in [0.5, 0.6) is 0 Å². The lowest BCUT2D eigenvalue weighted by atomic mass is 10.0. The van der Waals surface area contributed by atoms with Crippen LogP contribution in [0, 0.1) is 0 Å². The molecule has 0 heteroatoms. The highest BCUT2D eigenvalue weighted by Crippen LogP contribution is 1.61. The van der Waals surface area contributed by atoms with E-state index in [2.05, 4.69) is 78.0 Å². The summed E-state index contributed by atoms with van der Waals surface area (Å²) in [6.07, 6.45) is 13.3. The van der Waals surface area contributed by atoms with E-state index in [1.54, 1.807) is 0 Å². The highest BCUT2D eigenvalue weighted by atomic mass is 14.0. The second kappa shape index (κ2) is 6.39. The van der Waals surface area contributed by atoms with E-state index in [0.29, 0.717) is 0 Å². The summed E-state index contributed by atoms with van der Waals surface area (Å²) in [6.45, 7) is 12.7. The minimum atomic E-state index is 1.34. The SMILES string of the molecule is CC=c1c(=CC)c(=CC)c(=CC)c(=CC)c1=CC. The number of benzene rings is 1. The first-order valence-corrected chi connectivity index (χ1v) is 6.70. The van der Waals surface area contributed by atoms with Crippen LogP contribution in [0.3, 0.4) is 0 Å². The Hall–Kier alpha value is -1.56. The molecule has 0 unspecified atom stereocenters. The molecule has 0 amide bonds. The molecular weight excluding hydrogens is 216 g/mol. The normalized spacial score (nSPS) is 9.67.